The minimum atomic E-state index is -0.914. The average molecular weight is 564 g/mol. The molecule has 0 bridgehead atoms. The maximum absolute atomic E-state index is 13.4. The van der Waals surface area contributed by atoms with Crippen LogP contribution >= 0.6 is 15.9 Å². The van der Waals surface area contributed by atoms with Crippen LogP contribution in [0.25, 0.3) is 5.76 Å². The molecule has 8 heteroatoms. The van der Waals surface area contributed by atoms with Crippen LogP contribution in [0.5, 0.6) is 5.75 Å². The molecule has 1 amide bonds. The Bertz CT molecular complexity index is 1410. The lowest BCUT2D eigenvalue weighted by Gasteiger charge is -2.26. The van der Waals surface area contributed by atoms with E-state index in [2.05, 4.69) is 15.9 Å². The van der Waals surface area contributed by atoms with Crippen LogP contribution in [-0.4, -0.2) is 36.5 Å². The molecule has 3 aromatic rings. The van der Waals surface area contributed by atoms with Gasteiger partial charge in [-0.2, -0.15) is 0 Å². The molecule has 7 nitrogen and oxygen atoms in total. The molecule has 37 heavy (non-hydrogen) atoms. The molecule has 190 valence electrons. The van der Waals surface area contributed by atoms with Crippen LogP contribution in [0.15, 0.2) is 76.8 Å². The number of hydrogen-bond acceptors (Lipinski definition) is 6. The fraction of sp³-hybridized carbons (Fsp3) is 0.207. The highest BCUT2D eigenvalue weighted by Crippen LogP contribution is 2.43. The van der Waals surface area contributed by atoms with Crippen molar-refractivity contribution in [3.8, 4) is 5.75 Å². The number of carbonyl (C=O) groups excluding carboxylic acids is 3. The Balaban J connectivity index is 1.89. The number of ether oxygens (including phenoxy) is 2. The van der Waals surface area contributed by atoms with Gasteiger partial charge in [0.25, 0.3) is 11.7 Å². The molecule has 1 unspecified atom stereocenters. The number of esters is 1. The highest BCUT2D eigenvalue weighted by molar-refractivity contribution is 9.10. The van der Waals surface area contributed by atoms with Gasteiger partial charge in [0, 0.05) is 11.3 Å². The Kier molecular flexibility index (Phi) is 7.78. The second-order valence-electron chi connectivity index (χ2n) is 8.62. The van der Waals surface area contributed by atoms with Gasteiger partial charge in [-0.1, -0.05) is 42.8 Å². The zero-order valence-corrected chi connectivity index (χ0v) is 22.2. The van der Waals surface area contributed by atoms with Gasteiger partial charge in [-0.05, 0) is 71.2 Å². The second kappa shape index (κ2) is 11.0. The first-order valence-corrected chi connectivity index (χ1v) is 12.5. The normalized spacial score (nSPS) is 16.6. The number of methoxy groups -OCH3 is 1. The molecule has 0 aliphatic carbocycles. The number of anilines is 1. The van der Waals surface area contributed by atoms with Gasteiger partial charge < -0.3 is 14.6 Å². The molecule has 3 aromatic carbocycles. The third-order valence-corrected chi connectivity index (χ3v) is 6.64. The predicted molar refractivity (Wildman–Crippen MR) is 144 cm³/mol. The van der Waals surface area contributed by atoms with E-state index in [1.165, 1.54) is 18.1 Å². The molecule has 4 rings (SSSR count). The molecule has 0 saturated carbocycles. The Hall–Kier alpha value is -3.91. The highest BCUT2D eigenvalue weighted by atomic mass is 79.9. The largest absolute Gasteiger partial charge is 0.507 e. The Labute approximate surface area is 223 Å². The van der Waals surface area contributed by atoms with Crippen molar-refractivity contribution in [3.63, 3.8) is 0 Å². The van der Waals surface area contributed by atoms with Gasteiger partial charge in [-0.15, -0.1) is 0 Å². The van der Waals surface area contributed by atoms with E-state index in [4.69, 9.17) is 9.47 Å². The zero-order chi connectivity index (χ0) is 26.7. The number of nitrogens with zero attached hydrogens (tertiary/aromatic N) is 1. The summed E-state index contributed by atoms with van der Waals surface area (Å²) >= 11 is 3.40. The molecule has 0 radical (unpaired) electrons. The summed E-state index contributed by atoms with van der Waals surface area (Å²) in [7, 11) is 1.52. The second-order valence-corrected chi connectivity index (χ2v) is 9.47. The van der Waals surface area contributed by atoms with Gasteiger partial charge in [-0.25, -0.2) is 4.79 Å². The van der Waals surface area contributed by atoms with Crippen molar-refractivity contribution in [3.05, 3.63) is 99.0 Å². The van der Waals surface area contributed by atoms with Gasteiger partial charge in [0.05, 0.1) is 35.4 Å². The molecular formula is C29H26BrNO6. The summed E-state index contributed by atoms with van der Waals surface area (Å²) in [6.45, 7) is 4.07. The summed E-state index contributed by atoms with van der Waals surface area (Å²) in [5.41, 5.74) is 2.47. The summed E-state index contributed by atoms with van der Waals surface area (Å²) < 4.78 is 11.1. The van der Waals surface area contributed by atoms with Crippen LogP contribution in [-0.2, 0) is 14.3 Å². The van der Waals surface area contributed by atoms with E-state index in [1.54, 1.807) is 42.5 Å². The van der Waals surface area contributed by atoms with Gasteiger partial charge in [-0.3, -0.25) is 14.5 Å². The third kappa shape index (κ3) is 5.15. The molecule has 1 heterocycles. The molecule has 1 aliphatic heterocycles. The van der Waals surface area contributed by atoms with E-state index in [9.17, 15) is 19.5 Å². The summed E-state index contributed by atoms with van der Waals surface area (Å²) in [6.07, 6.45) is 0.675. The van der Waals surface area contributed by atoms with Crippen molar-refractivity contribution < 1.29 is 29.0 Å². The quantitative estimate of drug-likeness (QED) is 0.165. The molecular weight excluding hydrogens is 538 g/mol. The zero-order valence-electron chi connectivity index (χ0n) is 20.7. The number of rotatable bonds is 7. The third-order valence-electron chi connectivity index (χ3n) is 6.02. The van der Waals surface area contributed by atoms with Crippen molar-refractivity contribution in [1.29, 1.82) is 0 Å². The van der Waals surface area contributed by atoms with Gasteiger partial charge >= 0.3 is 5.97 Å². The van der Waals surface area contributed by atoms with E-state index in [0.29, 0.717) is 33.5 Å². The van der Waals surface area contributed by atoms with Crippen LogP contribution in [0, 0.1) is 6.92 Å². The highest BCUT2D eigenvalue weighted by Gasteiger charge is 2.47. The van der Waals surface area contributed by atoms with Crippen molar-refractivity contribution in [2.75, 3.05) is 18.6 Å². The minimum Gasteiger partial charge on any atom is -0.507 e. The van der Waals surface area contributed by atoms with Crippen molar-refractivity contribution in [2.24, 2.45) is 0 Å². The molecule has 1 atom stereocenters. The van der Waals surface area contributed by atoms with E-state index >= 15 is 0 Å². The van der Waals surface area contributed by atoms with Crippen molar-refractivity contribution >= 4 is 45.0 Å². The number of aryl methyl sites for hydroxylation is 1. The number of carbonyl (C=O) groups is 3. The SMILES string of the molecule is CCCOC(=O)c1cccc(N2C(=O)C(=O)/C(=C(/O)c3ccc(OC)c(Br)c3)C2c2cccc(C)c2)c1. The first kappa shape index (κ1) is 26.2. The first-order chi connectivity index (χ1) is 17.8. The number of halogens is 1. The minimum absolute atomic E-state index is 0.0494. The van der Waals surface area contributed by atoms with Gasteiger partial charge in [0.15, 0.2) is 0 Å². The van der Waals surface area contributed by atoms with E-state index in [0.717, 1.165) is 5.56 Å². The fourth-order valence-electron chi connectivity index (χ4n) is 4.28. The van der Waals surface area contributed by atoms with Crippen molar-refractivity contribution in [2.45, 2.75) is 26.3 Å². The topological polar surface area (TPSA) is 93.1 Å². The Morgan fingerprint density at radius 3 is 2.46 bits per heavy atom. The lowest BCUT2D eigenvalue weighted by Crippen LogP contribution is -2.29. The fourth-order valence-corrected chi connectivity index (χ4v) is 4.83. The number of aliphatic hydroxyl groups excluding tert-OH is 1. The van der Waals surface area contributed by atoms with Crippen LogP contribution in [0.2, 0.25) is 0 Å². The molecule has 1 saturated heterocycles. The predicted octanol–water partition coefficient (Wildman–Crippen LogP) is 5.96. The summed E-state index contributed by atoms with van der Waals surface area (Å²) in [5.74, 6) is -1.90. The molecule has 0 aromatic heterocycles. The van der Waals surface area contributed by atoms with E-state index < -0.39 is 23.7 Å². The summed E-state index contributed by atoms with van der Waals surface area (Å²) in [4.78, 5) is 40.6. The molecule has 1 N–H and O–H groups in total. The van der Waals surface area contributed by atoms with Crippen LogP contribution < -0.4 is 9.64 Å². The number of hydrogen-bond donors (Lipinski definition) is 1. The summed E-state index contributed by atoms with van der Waals surface area (Å²) in [6, 6.07) is 17.8. The molecule has 1 aliphatic rings. The standard InChI is InChI=1S/C29H26BrNO6/c1-4-13-37-29(35)20-9-6-10-21(15-20)31-25(18-8-5-7-17(2)14-18)24(27(33)28(31)34)26(32)19-11-12-23(36-3)22(30)16-19/h5-12,14-16,25,32H,4,13H2,1-3H3/b26-24+. The van der Waals surface area contributed by atoms with Gasteiger partial charge in [0.2, 0.25) is 0 Å². The monoisotopic (exact) mass is 563 g/mol. The maximum Gasteiger partial charge on any atom is 0.338 e. The number of aliphatic hydroxyl groups is 1. The Morgan fingerprint density at radius 1 is 1.03 bits per heavy atom. The van der Waals surface area contributed by atoms with Crippen molar-refractivity contribution in [1.82, 2.24) is 0 Å². The summed E-state index contributed by atoms with van der Waals surface area (Å²) in [5, 5.41) is 11.3. The average Bonchev–Trinajstić information content (AvgIpc) is 3.17. The number of Topliss-reactive ketones (excluding diaryl/α,β-unsaturated/α-hetero) is 1. The smallest absolute Gasteiger partial charge is 0.338 e. The van der Waals surface area contributed by atoms with E-state index in [1.807, 2.05) is 32.0 Å². The number of benzene rings is 3. The van der Waals surface area contributed by atoms with E-state index in [-0.39, 0.29) is 23.5 Å². The molecule has 1 fully saturated rings. The lowest BCUT2D eigenvalue weighted by molar-refractivity contribution is -0.132. The lowest BCUT2D eigenvalue weighted by atomic mass is 9.94. The van der Waals surface area contributed by atoms with Crippen LogP contribution in [0.3, 0.4) is 0 Å². The van der Waals surface area contributed by atoms with Crippen LogP contribution in [0.1, 0.15) is 46.4 Å². The van der Waals surface area contributed by atoms with Crippen LogP contribution in [0.4, 0.5) is 5.69 Å². The van der Waals surface area contributed by atoms with Gasteiger partial charge in [0.1, 0.15) is 11.5 Å². The number of ketones is 1. The first-order valence-electron chi connectivity index (χ1n) is 11.8. The number of amides is 1. The molecule has 0 spiro atoms. The maximum atomic E-state index is 13.4. The Morgan fingerprint density at radius 2 is 1.78 bits per heavy atom.